The van der Waals surface area contributed by atoms with Gasteiger partial charge < -0.3 is 5.32 Å². The number of aromatic nitrogens is 3. The van der Waals surface area contributed by atoms with Crippen LogP contribution in [0.15, 0.2) is 5.16 Å². The van der Waals surface area contributed by atoms with E-state index in [-0.39, 0.29) is 17.7 Å². The third-order valence-corrected chi connectivity index (χ3v) is 3.70. The van der Waals surface area contributed by atoms with Crippen molar-refractivity contribution in [1.82, 2.24) is 25.8 Å². The molecule has 7 nitrogen and oxygen atoms in total. The summed E-state index contributed by atoms with van der Waals surface area (Å²) < 4.78 is 0. The number of rotatable bonds is 4. The maximum absolute atomic E-state index is 11.5. The molecular formula is C11H17N5O2S. The number of hydrogen-bond acceptors (Lipinski definition) is 5. The van der Waals surface area contributed by atoms with Gasteiger partial charge in [-0.05, 0) is 19.8 Å². The first-order chi connectivity index (χ1) is 9.13. The number of nitrogens with zero attached hydrogens (tertiary/aromatic N) is 2. The lowest BCUT2D eigenvalue weighted by molar-refractivity contribution is -0.117. The van der Waals surface area contributed by atoms with Gasteiger partial charge in [-0.2, -0.15) is 0 Å². The van der Waals surface area contributed by atoms with Gasteiger partial charge in [-0.15, -0.1) is 5.10 Å². The van der Waals surface area contributed by atoms with Crippen molar-refractivity contribution in [2.24, 2.45) is 0 Å². The smallest absolute Gasteiger partial charge is 0.321 e. The average Bonchev–Trinajstić information content (AvgIpc) is 2.98. The predicted molar refractivity (Wildman–Crippen MR) is 70.8 cm³/mol. The first-order valence-corrected chi connectivity index (χ1v) is 7.24. The number of aromatic amines is 1. The van der Waals surface area contributed by atoms with E-state index < -0.39 is 6.03 Å². The quantitative estimate of drug-likeness (QED) is 0.715. The summed E-state index contributed by atoms with van der Waals surface area (Å²) in [6.45, 7) is 1.78. The zero-order chi connectivity index (χ0) is 13.7. The van der Waals surface area contributed by atoms with Crippen LogP contribution in [0.1, 0.15) is 31.5 Å². The van der Waals surface area contributed by atoms with E-state index in [4.69, 9.17) is 0 Å². The van der Waals surface area contributed by atoms with Crippen molar-refractivity contribution in [3.63, 3.8) is 0 Å². The molecule has 1 aromatic rings. The lowest BCUT2D eigenvalue weighted by Crippen LogP contribution is -2.44. The molecule has 3 N–H and O–H groups in total. The second-order valence-electron chi connectivity index (χ2n) is 4.50. The molecule has 1 saturated carbocycles. The van der Waals surface area contributed by atoms with Crippen molar-refractivity contribution in [1.29, 1.82) is 0 Å². The normalized spacial score (nSPS) is 15.4. The molecule has 0 aliphatic heterocycles. The summed E-state index contributed by atoms with van der Waals surface area (Å²) in [5.41, 5.74) is 0. The maximum Gasteiger partial charge on any atom is 0.321 e. The Balaban J connectivity index is 1.67. The van der Waals surface area contributed by atoms with Crippen molar-refractivity contribution in [3.05, 3.63) is 5.82 Å². The van der Waals surface area contributed by atoms with Crippen molar-refractivity contribution in [2.45, 2.75) is 43.8 Å². The van der Waals surface area contributed by atoms with E-state index in [9.17, 15) is 9.59 Å². The summed E-state index contributed by atoms with van der Waals surface area (Å²) in [5, 5.41) is 12.2. The van der Waals surface area contributed by atoms with Gasteiger partial charge >= 0.3 is 6.03 Å². The summed E-state index contributed by atoms with van der Waals surface area (Å²) >= 11 is 1.19. The monoisotopic (exact) mass is 283 g/mol. The Morgan fingerprint density at radius 1 is 1.42 bits per heavy atom. The highest BCUT2D eigenvalue weighted by molar-refractivity contribution is 7.99. The first-order valence-electron chi connectivity index (χ1n) is 6.25. The van der Waals surface area contributed by atoms with Crippen molar-refractivity contribution in [3.8, 4) is 0 Å². The summed E-state index contributed by atoms with van der Waals surface area (Å²) in [5.74, 6) is 0.472. The zero-order valence-corrected chi connectivity index (χ0v) is 11.5. The lowest BCUT2D eigenvalue weighted by atomic mass is 10.2. The number of amides is 3. The van der Waals surface area contributed by atoms with Crippen LogP contribution in [-0.4, -0.2) is 38.9 Å². The molecule has 1 aromatic heterocycles. The molecule has 0 saturated heterocycles. The highest BCUT2D eigenvalue weighted by Crippen LogP contribution is 2.17. The van der Waals surface area contributed by atoms with Crippen LogP contribution >= 0.6 is 11.8 Å². The van der Waals surface area contributed by atoms with Gasteiger partial charge in [0.05, 0.1) is 5.75 Å². The minimum Gasteiger partial charge on any atom is -0.335 e. The van der Waals surface area contributed by atoms with Gasteiger partial charge in [-0.1, -0.05) is 24.6 Å². The van der Waals surface area contributed by atoms with E-state index >= 15 is 0 Å². The van der Waals surface area contributed by atoms with E-state index in [0.717, 1.165) is 25.7 Å². The molecule has 0 spiro atoms. The third-order valence-electron chi connectivity index (χ3n) is 2.85. The van der Waals surface area contributed by atoms with E-state index in [1.54, 1.807) is 6.92 Å². The molecule has 19 heavy (non-hydrogen) atoms. The van der Waals surface area contributed by atoms with Gasteiger partial charge in [-0.3, -0.25) is 15.2 Å². The number of thioether (sulfide) groups is 1. The molecule has 1 aliphatic rings. The number of imide groups is 1. The molecule has 0 atom stereocenters. The molecule has 0 bridgehead atoms. The van der Waals surface area contributed by atoms with E-state index in [1.807, 2.05) is 0 Å². The Kier molecular flexibility index (Phi) is 4.78. The predicted octanol–water partition coefficient (Wildman–Crippen LogP) is 0.974. The highest BCUT2D eigenvalue weighted by Gasteiger charge is 2.18. The number of H-pyrrole nitrogens is 1. The molecule has 0 unspecified atom stereocenters. The van der Waals surface area contributed by atoms with Crippen LogP contribution in [0.2, 0.25) is 0 Å². The molecule has 104 valence electrons. The fourth-order valence-corrected chi connectivity index (χ4v) is 2.62. The minimum absolute atomic E-state index is 0.120. The Bertz CT molecular complexity index is 456. The Morgan fingerprint density at radius 3 is 2.79 bits per heavy atom. The molecule has 8 heteroatoms. The third kappa shape index (κ3) is 4.55. The van der Waals surface area contributed by atoms with Gasteiger partial charge in [0, 0.05) is 6.04 Å². The van der Waals surface area contributed by atoms with Crippen LogP contribution in [-0.2, 0) is 4.79 Å². The number of aryl methyl sites for hydroxylation is 1. The molecule has 1 heterocycles. The number of nitrogens with one attached hydrogen (secondary N) is 3. The Morgan fingerprint density at radius 2 is 2.16 bits per heavy atom. The summed E-state index contributed by atoms with van der Waals surface area (Å²) in [6, 6.07) is -0.209. The maximum atomic E-state index is 11.5. The molecule has 1 aliphatic carbocycles. The second kappa shape index (κ2) is 6.55. The van der Waals surface area contributed by atoms with Crippen LogP contribution in [0.3, 0.4) is 0 Å². The van der Waals surface area contributed by atoms with Crippen molar-refractivity contribution >= 4 is 23.7 Å². The van der Waals surface area contributed by atoms with E-state index in [1.165, 1.54) is 11.8 Å². The first kappa shape index (κ1) is 13.9. The minimum atomic E-state index is -0.413. The van der Waals surface area contributed by atoms with Crippen LogP contribution in [0.4, 0.5) is 4.79 Å². The van der Waals surface area contributed by atoms with Gasteiger partial charge in [0.25, 0.3) is 0 Å². The average molecular weight is 283 g/mol. The highest BCUT2D eigenvalue weighted by atomic mass is 32.2. The SMILES string of the molecule is Cc1nc(SCC(=O)NC(=O)NC2CCCC2)n[nH]1. The topological polar surface area (TPSA) is 99.8 Å². The number of carbonyl (C=O) groups is 2. The van der Waals surface area contributed by atoms with E-state index in [0.29, 0.717) is 11.0 Å². The molecule has 1 fully saturated rings. The summed E-state index contributed by atoms with van der Waals surface area (Å²) in [7, 11) is 0. The molecule has 0 radical (unpaired) electrons. The fourth-order valence-electron chi connectivity index (χ4n) is 1.97. The Labute approximate surface area is 115 Å². The van der Waals surface area contributed by atoms with Gasteiger partial charge in [0.1, 0.15) is 5.82 Å². The summed E-state index contributed by atoms with van der Waals surface area (Å²) in [4.78, 5) is 27.1. The van der Waals surface area contributed by atoms with Gasteiger partial charge in [0.15, 0.2) is 0 Å². The van der Waals surface area contributed by atoms with Gasteiger partial charge in [-0.25, -0.2) is 9.78 Å². The molecular weight excluding hydrogens is 266 g/mol. The Hall–Kier alpha value is -1.57. The number of hydrogen-bond donors (Lipinski definition) is 3. The zero-order valence-electron chi connectivity index (χ0n) is 10.7. The lowest BCUT2D eigenvalue weighted by Gasteiger charge is -2.11. The summed E-state index contributed by atoms with van der Waals surface area (Å²) in [6.07, 6.45) is 4.26. The molecule has 2 rings (SSSR count). The molecule has 0 aromatic carbocycles. The van der Waals surface area contributed by atoms with E-state index in [2.05, 4.69) is 25.8 Å². The largest absolute Gasteiger partial charge is 0.335 e. The van der Waals surface area contributed by atoms with Crippen molar-refractivity contribution in [2.75, 3.05) is 5.75 Å². The van der Waals surface area contributed by atoms with Crippen LogP contribution in [0.25, 0.3) is 0 Å². The van der Waals surface area contributed by atoms with Gasteiger partial charge in [0.2, 0.25) is 11.1 Å². The van der Waals surface area contributed by atoms with Crippen molar-refractivity contribution < 1.29 is 9.59 Å². The molecule has 3 amide bonds. The van der Waals surface area contributed by atoms with Crippen LogP contribution < -0.4 is 10.6 Å². The van der Waals surface area contributed by atoms with Crippen LogP contribution in [0.5, 0.6) is 0 Å². The second-order valence-corrected chi connectivity index (χ2v) is 5.44. The standard InChI is InChI=1S/C11H17N5O2S/c1-7-12-11(16-15-7)19-6-9(17)14-10(18)13-8-4-2-3-5-8/h8H,2-6H2,1H3,(H,12,15,16)(H2,13,14,17,18). The van der Waals surface area contributed by atoms with Crippen LogP contribution in [0, 0.1) is 6.92 Å². The number of carbonyl (C=O) groups excluding carboxylic acids is 2. The number of urea groups is 1. The fraction of sp³-hybridized carbons (Fsp3) is 0.636.